The molecular formula is C11H11N3O4. The summed E-state index contributed by atoms with van der Waals surface area (Å²) in [5.74, 6) is -3.14. The molecule has 7 nitrogen and oxygen atoms in total. The highest BCUT2D eigenvalue weighted by molar-refractivity contribution is 5.96. The van der Waals surface area contributed by atoms with Crippen LogP contribution in [0.2, 0.25) is 0 Å². The number of carbonyl (C=O) groups excluding carboxylic acids is 2. The van der Waals surface area contributed by atoms with Crippen LogP contribution in [0.25, 0.3) is 0 Å². The molecule has 18 heavy (non-hydrogen) atoms. The highest BCUT2D eigenvalue weighted by atomic mass is 16.4. The molecule has 1 aromatic heterocycles. The molecule has 0 radical (unpaired) electrons. The van der Waals surface area contributed by atoms with E-state index < -0.39 is 29.6 Å². The number of carboxylic acid groups (broad SMARTS) is 1. The molecule has 0 aromatic carbocycles. The van der Waals surface area contributed by atoms with E-state index >= 15 is 0 Å². The van der Waals surface area contributed by atoms with Crippen molar-refractivity contribution in [3.8, 4) is 0 Å². The average molecular weight is 249 g/mol. The van der Waals surface area contributed by atoms with Gasteiger partial charge in [-0.2, -0.15) is 0 Å². The van der Waals surface area contributed by atoms with Gasteiger partial charge in [0.2, 0.25) is 5.91 Å². The zero-order chi connectivity index (χ0) is 13.1. The normalized spacial score (nSPS) is 20.9. The molecule has 0 bridgehead atoms. The summed E-state index contributed by atoms with van der Waals surface area (Å²) in [6.45, 7) is 0. The predicted molar refractivity (Wildman–Crippen MR) is 59.1 cm³/mol. The molecule has 2 rings (SSSR count). The highest BCUT2D eigenvalue weighted by Crippen LogP contribution is 2.38. The summed E-state index contributed by atoms with van der Waals surface area (Å²) in [5.41, 5.74) is 4.78. The summed E-state index contributed by atoms with van der Waals surface area (Å²) in [6, 6.07) is 3.00. The minimum Gasteiger partial charge on any atom is -0.481 e. The maximum absolute atomic E-state index is 11.5. The molecule has 1 aliphatic rings. The topological polar surface area (TPSA) is 108 Å². The average Bonchev–Trinajstić information content (AvgIpc) is 3.17. The first kappa shape index (κ1) is 12.0. The second-order valence-corrected chi connectivity index (χ2v) is 3.97. The highest BCUT2D eigenvalue weighted by Gasteiger charge is 2.48. The summed E-state index contributed by atoms with van der Waals surface area (Å²) < 4.78 is 0. The smallest absolute Gasteiger partial charge is 0.307 e. The second-order valence-electron chi connectivity index (χ2n) is 3.97. The number of aliphatic carboxylic acids is 1. The third-order valence-electron chi connectivity index (χ3n) is 2.69. The third kappa shape index (κ3) is 2.62. The van der Waals surface area contributed by atoms with Crippen molar-refractivity contribution in [3.63, 3.8) is 0 Å². The van der Waals surface area contributed by atoms with Crippen LogP contribution in [-0.2, 0) is 9.59 Å². The molecule has 0 aliphatic heterocycles. The minimum absolute atomic E-state index is 0.312. The molecule has 2 amide bonds. The van der Waals surface area contributed by atoms with E-state index in [0.29, 0.717) is 12.0 Å². The molecule has 7 heteroatoms. The van der Waals surface area contributed by atoms with Crippen LogP contribution in [0.3, 0.4) is 0 Å². The van der Waals surface area contributed by atoms with Gasteiger partial charge in [-0.25, -0.2) is 0 Å². The number of nitrogens with zero attached hydrogens (tertiary/aromatic N) is 1. The number of hydrogen-bond acceptors (Lipinski definition) is 4. The van der Waals surface area contributed by atoms with Gasteiger partial charge >= 0.3 is 5.97 Å². The fourth-order valence-corrected chi connectivity index (χ4v) is 1.54. The quantitative estimate of drug-likeness (QED) is 0.629. The van der Waals surface area contributed by atoms with Crippen molar-refractivity contribution in [3.05, 3.63) is 30.1 Å². The summed E-state index contributed by atoms with van der Waals surface area (Å²) in [4.78, 5) is 37.3. The Bertz CT molecular complexity index is 488. The van der Waals surface area contributed by atoms with Crippen LogP contribution in [0.1, 0.15) is 16.8 Å². The van der Waals surface area contributed by atoms with Gasteiger partial charge in [-0.15, -0.1) is 0 Å². The summed E-state index contributed by atoms with van der Waals surface area (Å²) in [6.07, 6.45) is 3.22. The lowest BCUT2D eigenvalue weighted by Gasteiger charge is -2.06. The fraction of sp³-hybridized carbons (Fsp3) is 0.273. The van der Waals surface area contributed by atoms with Crippen molar-refractivity contribution < 1.29 is 19.5 Å². The number of carbonyl (C=O) groups is 3. The molecule has 0 unspecified atom stereocenters. The predicted octanol–water partition coefficient (Wildman–Crippen LogP) is -0.437. The van der Waals surface area contributed by atoms with Crippen LogP contribution in [-0.4, -0.2) is 27.9 Å². The molecule has 1 saturated carbocycles. The van der Waals surface area contributed by atoms with Crippen LogP contribution in [0.5, 0.6) is 0 Å². The van der Waals surface area contributed by atoms with Gasteiger partial charge in [0.25, 0.3) is 5.91 Å². The molecule has 2 atom stereocenters. The Morgan fingerprint density at radius 2 is 1.83 bits per heavy atom. The number of nitrogens with one attached hydrogen (secondary N) is 2. The maximum Gasteiger partial charge on any atom is 0.307 e. The first-order valence-electron chi connectivity index (χ1n) is 5.32. The van der Waals surface area contributed by atoms with Crippen molar-refractivity contribution >= 4 is 17.8 Å². The van der Waals surface area contributed by atoms with E-state index in [1.165, 1.54) is 24.5 Å². The van der Waals surface area contributed by atoms with Crippen LogP contribution in [0, 0.1) is 11.8 Å². The van der Waals surface area contributed by atoms with Gasteiger partial charge in [0.1, 0.15) is 0 Å². The monoisotopic (exact) mass is 249 g/mol. The number of amides is 2. The van der Waals surface area contributed by atoms with E-state index in [4.69, 9.17) is 5.11 Å². The molecule has 0 saturated heterocycles. The Labute approximate surface area is 102 Å². The van der Waals surface area contributed by atoms with Gasteiger partial charge in [0.05, 0.1) is 11.8 Å². The molecule has 1 fully saturated rings. The number of pyridine rings is 1. The minimum atomic E-state index is -0.990. The van der Waals surface area contributed by atoms with E-state index in [0.717, 1.165) is 0 Å². The lowest BCUT2D eigenvalue weighted by Crippen LogP contribution is -2.42. The first-order valence-corrected chi connectivity index (χ1v) is 5.32. The van der Waals surface area contributed by atoms with Crippen molar-refractivity contribution in [1.29, 1.82) is 0 Å². The summed E-state index contributed by atoms with van der Waals surface area (Å²) >= 11 is 0. The number of hydrazine groups is 1. The Morgan fingerprint density at radius 3 is 2.39 bits per heavy atom. The molecular weight excluding hydrogens is 238 g/mol. The molecule has 94 valence electrons. The van der Waals surface area contributed by atoms with E-state index in [1.807, 2.05) is 0 Å². The fourth-order valence-electron chi connectivity index (χ4n) is 1.54. The number of hydrogen-bond donors (Lipinski definition) is 3. The van der Waals surface area contributed by atoms with Gasteiger partial charge in [-0.3, -0.25) is 30.2 Å². The summed E-state index contributed by atoms with van der Waals surface area (Å²) in [5, 5.41) is 8.65. The van der Waals surface area contributed by atoms with Crippen LogP contribution >= 0.6 is 0 Å². The number of carboxylic acids is 1. The Kier molecular flexibility index (Phi) is 3.22. The van der Waals surface area contributed by atoms with Crippen molar-refractivity contribution in [1.82, 2.24) is 15.8 Å². The Hall–Kier alpha value is -2.44. The zero-order valence-electron chi connectivity index (χ0n) is 9.29. The zero-order valence-corrected chi connectivity index (χ0v) is 9.29. The SMILES string of the molecule is O=C(NNC(=O)[C@H]1C[C@H]1C(=O)O)c1ccncc1. The molecule has 1 heterocycles. The molecule has 1 aromatic rings. The van der Waals surface area contributed by atoms with Crippen LogP contribution < -0.4 is 10.9 Å². The van der Waals surface area contributed by atoms with Crippen molar-refractivity contribution in [2.45, 2.75) is 6.42 Å². The van der Waals surface area contributed by atoms with E-state index in [9.17, 15) is 14.4 Å². The molecule has 3 N–H and O–H groups in total. The van der Waals surface area contributed by atoms with Gasteiger partial charge in [0, 0.05) is 18.0 Å². The Balaban J connectivity index is 1.81. The van der Waals surface area contributed by atoms with Gasteiger partial charge < -0.3 is 5.11 Å². The van der Waals surface area contributed by atoms with E-state index in [1.54, 1.807) is 0 Å². The number of aromatic nitrogens is 1. The maximum atomic E-state index is 11.5. The van der Waals surface area contributed by atoms with Crippen molar-refractivity contribution in [2.75, 3.05) is 0 Å². The molecule has 1 aliphatic carbocycles. The lowest BCUT2D eigenvalue weighted by atomic mass is 10.2. The number of rotatable bonds is 3. The Morgan fingerprint density at radius 1 is 1.17 bits per heavy atom. The molecule has 0 spiro atoms. The largest absolute Gasteiger partial charge is 0.481 e. The standard InChI is InChI=1S/C11H11N3O4/c15-9(6-1-3-12-4-2-6)13-14-10(16)7-5-8(7)11(17)18/h1-4,7-8H,5H2,(H,13,15)(H,14,16)(H,17,18)/t7-,8+/m0/s1. The second kappa shape index (κ2) is 4.82. The van der Waals surface area contributed by atoms with Gasteiger partial charge in [-0.1, -0.05) is 0 Å². The van der Waals surface area contributed by atoms with Crippen LogP contribution in [0.4, 0.5) is 0 Å². The van der Waals surface area contributed by atoms with Crippen LogP contribution in [0.15, 0.2) is 24.5 Å². The van der Waals surface area contributed by atoms with Gasteiger partial charge in [0.15, 0.2) is 0 Å². The van der Waals surface area contributed by atoms with Crippen molar-refractivity contribution in [2.24, 2.45) is 11.8 Å². The first-order chi connectivity index (χ1) is 8.59. The van der Waals surface area contributed by atoms with Gasteiger partial charge in [-0.05, 0) is 18.6 Å². The third-order valence-corrected chi connectivity index (χ3v) is 2.69. The summed E-state index contributed by atoms with van der Waals surface area (Å²) in [7, 11) is 0. The lowest BCUT2D eigenvalue weighted by molar-refractivity contribution is -0.140. The van der Waals surface area contributed by atoms with E-state index in [-0.39, 0.29) is 0 Å². The van der Waals surface area contributed by atoms with E-state index in [2.05, 4.69) is 15.8 Å².